The molecule has 2 rings (SSSR count). The van der Waals surface area contributed by atoms with Crippen molar-refractivity contribution in [2.45, 2.75) is 17.7 Å². The maximum absolute atomic E-state index is 13.7. The van der Waals surface area contributed by atoms with Crippen molar-refractivity contribution in [3.63, 3.8) is 0 Å². The van der Waals surface area contributed by atoms with Gasteiger partial charge in [-0.3, -0.25) is 4.79 Å². The van der Waals surface area contributed by atoms with Gasteiger partial charge in [0, 0.05) is 6.54 Å². The number of carboxylic acids is 1. The first-order chi connectivity index (χ1) is 10.8. The predicted molar refractivity (Wildman–Crippen MR) is 83.1 cm³/mol. The first kappa shape index (κ1) is 17.1. The molecule has 0 fully saturated rings. The molecule has 7 heteroatoms. The van der Waals surface area contributed by atoms with Gasteiger partial charge in [-0.15, -0.1) is 0 Å². The van der Waals surface area contributed by atoms with Crippen LogP contribution in [0.2, 0.25) is 0 Å². The van der Waals surface area contributed by atoms with Crippen LogP contribution in [0.1, 0.15) is 17.0 Å². The van der Waals surface area contributed by atoms with Crippen LogP contribution in [0.3, 0.4) is 0 Å². The second-order valence-corrected chi connectivity index (χ2v) is 6.82. The van der Waals surface area contributed by atoms with Gasteiger partial charge < -0.3 is 5.11 Å². The summed E-state index contributed by atoms with van der Waals surface area (Å²) in [6.07, 6.45) is 0. The second-order valence-electron chi connectivity index (χ2n) is 5.09. The molecule has 0 aliphatic rings. The zero-order chi connectivity index (χ0) is 17.0. The first-order valence-corrected chi connectivity index (χ1v) is 8.33. The maximum Gasteiger partial charge on any atom is 0.312 e. The molecule has 2 aromatic carbocycles. The van der Waals surface area contributed by atoms with Crippen LogP contribution in [-0.4, -0.2) is 26.0 Å². The number of aryl methyl sites for hydroxylation is 1. The van der Waals surface area contributed by atoms with Gasteiger partial charge >= 0.3 is 5.97 Å². The maximum atomic E-state index is 13.7. The van der Waals surface area contributed by atoms with Crippen molar-refractivity contribution >= 4 is 16.0 Å². The molecule has 122 valence electrons. The van der Waals surface area contributed by atoms with Gasteiger partial charge in [-0.05, 0) is 30.2 Å². The van der Waals surface area contributed by atoms with Crippen LogP contribution in [0.15, 0.2) is 53.4 Å². The molecule has 2 aromatic rings. The Labute approximate surface area is 133 Å². The number of rotatable bonds is 6. The molecule has 0 spiro atoms. The SMILES string of the molecule is Cc1ccc(F)c(S(=O)(=O)NCC(C(=O)O)c2ccccc2)c1. The Morgan fingerprint density at radius 1 is 1.22 bits per heavy atom. The third-order valence-corrected chi connectivity index (χ3v) is 4.79. The lowest BCUT2D eigenvalue weighted by atomic mass is 10.00. The smallest absolute Gasteiger partial charge is 0.312 e. The minimum atomic E-state index is -4.14. The summed E-state index contributed by atoms with van der Waals surface area (Å²) in [4.78, 5) is 10.9. The van der Waals surface area contributed by atoms with E-state index >= 15 is 0 Å². The van der Waals surface area contributed by atoms with Crippen molar-refractivity contribution in [2.75, 3.05) is 6.54 Å². The fourth-order valence-electron chi connectivity index (χ4n) is 2.12. The van der Waals surface area contributed by atoms with Crippen LogP contribution in [0.4, 0.5) is 4.39 Å². The van der Waals surface area contributed by atoms with E-state index in [0.717, 1.165) is 6.07 Å². The van der Waals surface area contributed by atoms with E-state index in [1.54, 1.807) is 37.3 Å². The molecule has 0 radical (unpaired) electrons. The fourth-order valence-corrected chi connectivity index (χ4v) is 3.33. The van der Waals surface area contributed by atoms with E-state index in [0.29, 0.717) is 11.1 Å². The Hall–Kier alpha value is -2.25. The highest BCUT2D eigenvalue weighted by Gasteiger charge is 2.25. The van der Waals surface area contributed by atoms with Gasteiger partial charge in [0.2, 0.25) is 10.0 Å². The average molecular weight is 337 g/mol. The normalized spacial score (nSPS) is 12.8. The second kappa shape index (κ2) is 6.89. The molecule has 1 unspecified atom stereocenters. The number of hydrogen-bond acceptors (Lipinski definition) is 3. The summed E-state index contributed by atoms with van der Waals surface area (Å²) in [5.74, 6) is -3.10. The van der Waals surface area contributed by atoms with E-state index in [-0.39, 0.29) is 6.54 Å². The van der Waals surface area contributed by atoms with Gasteiger partial charge in [-0.25, -0.2) is 17.5 Å². The van der Waals surface area contributed by atoms with Gasteiger partial charge in [0.25, 0.3) is 0 Å². The van der Waals surface area contributed by atoms with Crippen LogP contribution in [0, 0.1) is 12.7 Å². The molecule has 2 N–H and O–H groups in total. The Morgan fingerprint density at radius 2 is 1.87 bits per heavy atom. The van der Waals surface area contributed by atoms with Crippen LogP contribution in [0.5, 0.6) is 0 Å². The number of halogens is 1. The van der Waals surface area contributed by atoms with Crippen LogP contribution >= 0.6 is 0 Å². The van der Waals surface area contributed by atoms with Crippen LogP contribution in [0.25, 0.3) is 0 Å². The fraction of sp³-hybridized carbons (Fsp3) is 0.188. The summed E-state index contributed by atoms with van der Waals surface area (Å²) in [7, 11) is -4.14. The molecule has 0 amide bonds. The van der Waals surface area contributed by atoms with E-state index in [2.05, 4.69) is 4.72 Å². The molecular formula is C16H16FNO4S. The summed E-state index contributed by atoms with van der Waals surface area (Å²) in [5, 5.41) is 9.28. The van der Waals surface area contributed by atoms with Crippen molar-refractivity contribution in [2.24, 2.45) is 0 Å². The minimum absolute atomic E-state index is 0.366. The molecule has 0 aliphatic heterocycles. The number of nitrogens with one attached hydrogen (secondary N) is 1. The molecule has 0 saturated heterocycles. The standard InChI is InChI=1S/C16H16FNO4S/c1-11-7-8-14(17)15(9-11)23(21,22)18-10-13(16(19)20)12-5-3-2-4-6-12/h2-9,13,18H,10H2,1H3,(H,19,20). The number of hydrogen-bond donors (Lipinski definition) is 2. The first-order valence-electron chi connectivity index (χ1n) is 6.85. The van der Waals surface area contributed by atoms with Crippen molar-refractivity contribution < 1.29 is 22.7 Å². The summed E-state index contributed by atoms with van der Waals surface area (Å²) in [5.41, 5.74) is 1.05. The average Bonchev–Trinajstić information content (AvgIpc) is 2.50. The molecule has 5 nitrogen and oxygen atoms in total. The molecule has 0 aliphatic carbocycles. The summed E-state index contributed by atoms with van der Waals surface area (Å²) >= 11 is 0. The summed E-state index contributed by atoms with van der Waals surface area (Å²) < 4.78 is 40.3. The van der Waals surface area contributed by atoms with Crippen LogP contribution < -0.4 is 4.72 Å². The van der Waals surface area contributed by atoms with Crippen molar-refractivity contribution in [1.29, 1.82) is 0 Å². The van der Waals surface area contributed by atoms with Crippen molar-refractivity contribution in [3.05, 3.63) is 65.5 Å². The van der Waals surface area contributed by atoms with Gasteiger partial charge in [-0.2, -0.15) is 0 Å². The lowest BCUT2D eigenvalue weighted by Crippen LogP contribution is -2.32. The Kier molecular flexibility index (Phi) is 5.12. The molecular weight excluding hydrogens is 321 g/mol. The zero-order valence-corrected chi connectivity index (χ0v) is 13.2. The Balaban J connectivity index is 2.23. The lowest BCUT2D eigenvalue weighted by Gasteiger charge is -2.14. The monoisotopic (exact) mass is 337 g/mol. The molecule has 0 aromatic heterocycles. The molecule has 0 heterocycles. The molecule has 0 bridgehead atoms. The number of sulfonamides is 1. The van der Waals surface area contributed by atoms with E-state index < -0.39 is 32.6 Å². The third kappa shape index (κ3) is 4.14. The number of carbonyl (C=O) groups is 1. The largest absolute Gasteiger partial charge is 0.481 e. The summed E-state index contributed by atoms with van der Waals surface area (Å²) in [6.45, 7) is 1.28. The zero-order valence-electron chi connectivity index (χ0n) is 12.4. The lowest BCUT2D eigenvalue weighted by molar-refractivity contribution is -0.138. The Bertz CT molecular complexity index is 806. The number of carboxylic acid groups (broad SMARTS) is 1. The van der Waals surface area contributed by atoms with Gasteiger partial charge in [0.05, 0.1) is 5.92 Å². The van der Waals surface area contributed by atoms with E-state index in [1.807, 2.05) is 0 Å². The quantitative estimate of drug-likeness (QED) is 0.847. The molecule has 23 heavy (non-hydrogen) atoms. The highest BCUT2D eigenvalue weighted by molar-refractivity contribution is 7.89. The van der Waals surface area contributed by atoms with Crippen LogP contribution in [-0.2, 0) is 14.8 Å². The van der Waals surface area contributed by atoms with Gasteiger partial charge in [0.1, 0.15) is 10.7 Å². The van der Waals surface area contributed by atoms with Crippen molar-refractivity contribution in [3.8, 4) is 0 Å². The van der Waals surface area contributed by atoms with Gasteiger partial charge in [-0.1, -0.05) is 36.4 Å². The highest BCUT2D eigenvalue weighted by Crippen LogP contribution is 2.19. The van der Waals surface area contributed by atoms with E-state index in [1.165, 1.54) is 12.1 Å². The topological polar surface area (TPSA) is 83.5 Å². The highest BCUT2D eigenvalue weighted by atomic mass is 32.2. The third-order valence-electron chi connectivity index (χ3n) is 3.35. The summed E-state index contributed by atoms with van der Waals surface area (Å²) in [6, 6.07) is 12.0. The van der Waals surface area contributed by atoms with Gasteiger partial charge in [0.15, 0.2) is 0 Å². The van der Waals surface area contributed by atoms with E-state index in [4.69, 9.17) is 0 Å². The molecule has 1 atom stereocenters. The van der Waals surface area contributed by atoms with E-state index in [9.17, 15) is 22.7 Å². The molecule has 0 saturated carbocycles. The number of benzene rings is 2. The minimum Gasteiger partial charge on any atom is -0.481 e. The Morgan fingerprint density at radius 3 is 2.48 bits per heavy atom. The predicted octanol–water partition coefficient (Wildman–Crippen LogP) is 2.28. The van der Waals surface area contributed by atoms with Crippen molar-refractivity contribution in [1.82, 2.24) is 4.72 Å². The number of aliphatic carboxylic acids is 1.